The molecule has 0 unspecified atom stereocenters. The Balaban J connectivity index is 1.33. The molecule has 0 N–H and O–H groups in total. The standard InChI is InChI=1S/C28H21FN6O/c1-17-31-27(19-7-9-21(29)10-8-19)28(34(17)2)23-11-12-26-32-22(16-35(26)33-23)15-25(36)20-6-5-18-4-3-13-30-24(18)14-20/h3-14,16H,15H2,1-2H3. The first-order valence-electron chi connectivity index (χ1n) is 11.5. The van der Waals surface area contributed by atoms with Crippen molar-refractivity contribution >= 4 is 22.3 Å². The van der Waals surface area contributed by atoms with E-state index in [4.69, 9.17) is 10.1 Å². The molecule has 176 valence electrons. The first-order chi connectivity index (χ1) is 17.5. The highest BCUT2D eigenvalue weighted by Crippen LogP contribution is 2.31. The van der Waals surface area contributed by atoms with Crippen molar-refractivity contribution in [2.45, 2.75) is 13.3 Å². The fraction of sp³-hybridized carbons (Fsp3) is 0.107. The molecule has 2 aromatic carbocycles. The van der Waals surface area contributed by atoms with E-state index in [1.807, 2.05) is 61.0 Å². The molecule has 0 fully saturated rings. The summed E-state index contributed by atoms with van der Waals surface area (Å²) < 4.78 is 17.1. The summed E-state index contributed by atoms with van der Waals surface area (Å²) in [6, 6.07) is 19.4. The van der Waals surface area contributed by atoms with Crippen molar-refractivity contribution in [3.8, 4) is 22.6 Å². The number of nitrogens with zero attached hydrogens (tertiary/aromatic N) is 6. The van der Waals surface area contributed by atoms with Crippen LogP contribution in [0.25, 0.3) is 39.2 Å². The Morgan fingerprint density at radius 3 is 2.67 bits per heavy atom. The number of aryl methyl sites for hydroxylation is 1. The van der Waals surface area contributed by atoms with Crippen LogP contribution in [-0.4, -0.2) is 34.9 Å². The zero-order valence-electron chi connectivity index (χ0n) is 19.7. The van der Waals surface area contributed by atoms with Gasteiger partial charge in [0.1, 0.15) is 17.3 Å². The molecule has 0 aliphatic heterocycles. The molecule has 0 spiro atoms. The van der Waals surface area contributed by atoms with Crippen LogP contribution in [0.1, 0.15) is 21.9 Å². The largest absolute Gasteiger partial charge is 0.330 e. The number of hydrogen-bond acceptors (Lipinski definition) is 5. The minimum Gasteiger partial charge on any atom is -0.330 e. The molecule has 0 aliphatic carbocycles. The Hall–Kier alpha value is -4.72. The summed E-state index contributed by atoms with van der Waals surface area (Å²) >= 11 is 0. The maximum absolute atomic E-state index is 13.5. The van der Waals surface area contributed by atoms with Crippen LogP contribution in [-0.2, 0) is 13.5 Å². The lowest BCUT2D eigenvalue weighted by molar-refractivity contribution is 0.0992. The first kappa shape index (κ1) is 21.8. The van der Waals surface area contributed by atoms with E-state index in [9.17, 15) is 9.18 Å². The van der Waals surface area contributed by atoms with Crippen LogP contribution < -0.4 is 0 Å². The van der Waals surface area contributed by atoms with Gasteiger partial charge in [0.05, 0.1) is 35.2 Å². The van der Waals surface area contributed by atoms with Crippen molar-refractivity contribution in [1.82, 2.24) is 29.1 Å². The number of carbonyl (C=O) groups excluding carboxylic acids is 1. The minimum absolute atomic E-state index is 0.0351. The highest BCUT2D eigenvalue weighted by molar-refractivity contribution is 6.00. The van der Waals surface area contributed by atoms with Crippen molar-refractivity contribution in [3.05, 3.63) is 102 Å². The van der Waals surface area contributed by atoms with Crippen molar-refractivity contribution in [2.24, 2.45) is 7.05 Å². The number of hydrogen-bond donors (Lipinski definition) is 0. The second-order valence-corrected chi connectivity index (χ2v) is 8.69. The van der Waals surface area contributed by atoms with Crippen molar-refractivity contribution in [1.29, 1.82) is 0 Å². The van der Waals surface area contributed by atoms with Crippen molar-refractivity contribution < 1.29 is 9.18 Å². The zero-order valence-corrected chi connectivity index (χ0v) is 19.7. The number of fused-ring (bicyclic) bond motifs is 2. The number of pyridine rings is 1. The lowest BCUT2D eigenvalue weighted by atomic mass is 10.0. The number of benzene rings is 2. The third kappa shape index (κ3) is 3.82. The molecular formula is C28H21FN6O. The highest BCUT2D eigenvalue weighted by Gasteiger charge is 2.19. The number of imidazole rings is 2. The lowest BCUT2D eigenvalue weighted by Crippen LogP contribution is -2.04. The SMILES string of the molecule is Cc1nc(-c2ccc(F)cc2)c(-c2ccc3nc(CC(=O)c4ccc5cccnc5c4)cn3n2)n1C. The molecule has 8 heteroatoms. The van der Waals surface area contributed by atoms with E-state index >= 15 is 0 Å². The van der Waals surface area contributed by atoms with Gasteiger partial charge in [0.15, 0.2) is 11.4 Å². The van der Waals surface area contributed by atoms with Gasteiger partial charge in [0.2, 0.25) is 0 Å². The van der Waals surface area contributed by atoms with Gasteiger partial charge in [-0.2, -0.15) is 5.10 Å². The molecule has 0 bridgehead atoms. The van der Waals surface area contributed by atoms with Gasteiger partial charge in [0, 0.05) is 29.8 Å². The second kappa shape index (κ2) is 8.49. The topological polar surface area (TPSA) is 78.0 Å². The van der Waals surface area contributed by atoms with Gasteiger partial charge >= 0.3 is 0 Å². The molecule has 0 saturated heterocycles. The fourth-order valence-corrected chi connectivity index (χ4v) is 4.36. The van der Waals surface area contributed by atoms with Crippen molar-refractivity contribution in [3.63, 3.8) is 0 Å². The summed E-state index contributed by atoms with van der Waals surface area (Å²) in [5.41, 5.74) is 5.70. The Morgan fingerprint density at radius 1 is 1.00 bits per heavy atom. The van der Waals surface area contributed by atoms with Gasteiger partial charge in [-0.3, -0.25) is 9.78 Å². The van der Waals surface area contributed by atoms with Gasteiger partial charge in [-0.1, -0.05) is 18.2 Å². The minimum atomic E-state index is -0.298. The molecule has 0 amide bonds. The van der Waals surface area contributed by atoms with E-state index in [0.29, 0.717) is 22.6 Å². The molecule has 4 heterocycles. The molecule has 0 aliphatic rings. The van der Waals surface area contributed by atoms with E-state index < -0.39 is 0 Å². The summed E-state index contributed by atoms with van der Waals surface area (Å²) in [7, 11) is 1.92. The fourth-order valence-electron chi connectivity index (χ4n) is 4.36. The first-order valence-corrected chi connectivity index (χ1v) is 11.5. The summed E-state index contributed by atoms with van der Waals surface area (Å²) in [6.45, 7) is 1.91. The summed E-state index contributed by atoms with van der Waals surface area (Å²) in [5, 5.41) is 5.75. The van der Waals surface area contributed by atoms with Crippen LogP contribution in [0.15, 0.2) is 79.1 Å². The normalized spacial score (nSPS) is 11.4. The third-order valence-corrected chi connectivity index (χ3v) is 6.32. The average molecular weight is 477 g/mol. The number of halogens is 1. The van der Waals surface area contributed by atoms with Crippen LogP contribution in [0.2, 0.25) is 0 Å². The molecule has 6 rings (SSSR count). The number of rotatable bonds is 5. The monoisotopic (exact) mass is 476 g/mol. The van der Waals surface area contributed by atoms with Gasteiger partial charge in [-0.15, -0.1) is 0 Å². The van der Waals surface area contributed by atoms with E-state index in [2.05, 4.69) is 9.97 Å². The number of carbonyl (C=O) groups is 1. The number of aromatic nitrogens is 6. The number of Topliss-reactive ketones (excluding diaryl/α,β-unsaturated/α-hetero) is 1. The highest BCUT2D eigenvalue weighted by atomic mass is 19.1. The summed E-state index contributed by atoms with van der Waals surface area (Å²) in [4.78, 5) is 26.6. The molecule has 6 aromatic rings. The Labute approximate surface area is 205 Å². The van der Waals surface area contributed by atoms with E-state index in [0.717, 1.165) is 33.7 Å². The van der Waals surface area contributed by atoms with Crippen LogP contribution in [0.3, 0.4) is 0 Å². The average Bonchev–Trinajstić information content (AvgIpc) is 3.43. The maximum atomic E-state index is 13.5. The molecule has 36 heavy (non-hydrogen) atoms. The second-order valence-electron chi connectivity index (χ2n) is 8.69. The molecule has 0 atom stereocenters. The predicted octanol–water partition coefficient (Wildman–Crippen LogP) is 5.22. The van der Waals surface area contributed by atoms with Crippen LogP contribution in [0.4, 0.5) is 4.39 Å². The van der Waals surface area contributed by atoms with Gasteiger partial charge in [-0.05, 0) is 55.5 Å². The predicted molar refractivity (Wildman–Crippen MR) is 135 cm³/mol. The summed E-state index contributed by atoms with van der Waals surface area (Å²) in [5.74, 6) is 0.480. The molecule has 7 nitrogen and oxygen atoms in total. The van der Waals surface area contributed by atoms with E-state index in [1.54, 1.807) is 29.0 Å². The van der Waals surface area contributed by atoms with Crippen molar-refractivity contribution in [2.75, 3.05) is 0 Å². The quantitative estimate of drug-likeness (QED) is 0.319. The smallest absolute Gasteiger partial charge is 0.168 e. The van der Waals surface area contributed by atoms with E-state index in [-0.39, 0.29) is 18.0 Å². The zero-order chi connectivity index (χ0) is 24.8. The molecule has 4 aromatic heterocycles. The Bertz CT molecular complexity index is 1770. The Morgan fingerprint density at radius 2 is 1.83 bits per heavy atom. The van der Waals surface area contributed by atoms with Crippen LogP contribution >= 0.6 is 0 Å². The molecular weight excluding hydrogens is 455 g/mol. The van der Waals surface area contributed by atoms with Gasteiger partial charge in [-0.25, -0.2) is 18.9 Å². The van der Waals surface area contributed by atoms with E-state index in [1.165, 1.54) is 12.1 Å². The van der Waals surface area contributed by atoms with Crippen LogP contribution in [0, 0.1) is 12.7 Å². The summed E-state index contributed by atoms with van der Waals surface area (Å²) in [6.07, 6.45) is 3.65. The third-order valence-electron chi connectivity index (χ3n) is 6.32. The molecule has 0 saturated carbocycles. The van der Waals surface area contributed by atoms with Crippen LogP contribution in [0.5, 0.6) is 0 Å². The maximum Gasteiger partial charge on any atom is 0.168 e. The molecule has 0 radical (unpaired) electrons. The number of ketones is 1. The van der Waals surface area contributed by atoms with Gasteiger partial charge < -0.3 is 4.57 Å². The lowest BCUT2D eigenvalue weighted by Gasteiger charge is -2.07. The Kier molecular flexibility index (Phi) is 5.14. The van der Waals surface area contributed by atoms with Gasteiger partial charge in [0.25, 0.3) is 0 Å².